The lowest BCUT2D eigenvalue weighted by Gasteiger charge is -2.54. The molecule has 3 aliphatic rings. The average Bonchev–Trinajstić information content (AvgIpc) is 3.30. The minimum absolute atomic E-state index is 0.0387. The van der Waals surface area contributed by atoms with Crippen molar-refractivity contribution in [1.29, 1.82) is 0 Å². The maximum atomic E-state index is 13.7. The minimum Gasteiger partial charge on any atom is -0.369 e. The lowest BCUT2D eigenvalue weighted by atomic mass is 9.67. The monoisotopic (exact) mass is 550 g/mol. The number of rotatable bonds is 7. The first-order valence-electron chi connectivity index (χ1n) is 14.2. The summed E-state index contributed by atoms with van der Waals surface area (Å²) in [5.74, 6) is -2.10. The molecule has 5 heterocycles. The molecule has 10 heteroatoms. The van der Waals surface area contributed by atoms with Gasteiger partial charge in [-0.1, -0.05) is 6.07 Å². The Balaban J connectivity index is 1.05. The molecule has 7 nitrogen and oxygen atoms in total. The third kappa shape index (κ3) is 4.76. The molecule has 40 heavy (non-hydrogen) atoms. The molecule has 2 saturated carbocycles. The molecule has 210 valence electrons. The van der Waals surface area contributed by atoms with E-state index in [1.807, 2.05) is 35.0 Å². The number of imidazole rings is 1. The Morgan fingerprint density at radius 2 is 1.80 bits per heavy atom. The molecule has 1 N–H and O–H groups in total. The Kier molecular flexibility index (Phi) is 6.14. The SMILES string of the molecule is O=c1c2cncc(N3CC4(CCC(F)(F)CC4)C3)c2ccn1Cc1cn2cc(CNCC3CC(F)C3)ccc2n1. The number of hydrogen-bond acceptors (Lipinski definition) is 5. The lowest BCUT2D eigenvalue weighted by molar-refractivity contribution is -0.0730. The summed E-state index contributed by atoms with van der Waals surface area (Å²) in [5.41, 5.74) is 3.41. The standard InChI is InChI=1S/C30H33F3N6O/c31-22-9-21(10-22)12-34-11-20-1-2-27-36-23(17-38(27)15-20)16-37-8-3-24-25(28(37)40)13-35-14-26(24)39-18-29(19-39)4-6-30(32,33)7-5-29/h1-3,8,13-15,17,21-22,34H,4-7,9-12,16,18-19H2. The number of anilines is 1. The molecule has 0 bridgehead atoms. The van der Waals surface area contributed by atoms with E-state index >= 15 is 0 Å². The Labute approximate surface area is 230 Å². The second-order valence-corrected chi connectivity index (χ2v) is 12.2. The molecule has 0 aromatic carbocycles. The largest absolute Gasteiger partial charge is 0.369 e. The molecule has 7 rings (SSSR count). The lowest BCUT2D eigenvalue weighted by Crippen LogP contribution is -2.58. The van der Waals surface area contributed by atoms with Crippen LogP contribution in [-0.4, -0.2) is 50.7 Å². The van der Waals surface area contributed by atoms with Gasteiger partial charge in [0.05, 0.1) is 29.5 Å². The van der Waals surface area contributed by atoms with Gasteiger partial charge >= 0.3 is 0 Å². The summed E-state index contributed by atoms with van der Waals surface area (Å²) in [6, 6.07) is 5.95. The maximum absolute atomic E-state index is 13.7. The highest BCUT2D eigenvalue weighted by Crippen LogP contribution is 2.50. The van der Waals surface area contributed by atoms with Gasteiger partial charge in [0.1, 0.15) is 11.8 Å². The molecular weight excluding hydrogens is 517 g/mol. The van der Waals surface area contributed by atoms with Gasteiger partial charge in [-0.25, -0.2) is 18.2 Å². The third-order valence-corrected chi connectivity index (χ3v) is 9.15. The van der Waals surface area contributed by atoms with Gasteiger partial charge < -0.3 is 19.2 Å². The maximum Gasteiger partial charge on any atom is 0.260 e. The summed E-state index contributed by atoms with van der Waals surface area (Å²) in [4.78, 5) is 24.7. The zero-order valence-corrected chi connectivity index (χ0v) is 22.3. The van der Waals surface area contributed by atoms with Gasteiger partial charge in [-0.15, -0.1) is 0 Å². The normalized spacial score (nSPS) is 23.4. The summed E-state index contributed by atoms with van der Waals surface area (Å²) in [7, 11) is 0. The van der Waals surface area contributed by atoms with Gasteiger partial charge in [0.15, 0.2) is 0 Å². The van der Waals surface area contributed by atoms with E-state index in [1.54, 1.807) is 23.2 Å². The molecule has 2 aliphatic carbocycles. The van der Waals surface area contributed by atoms with E-state index in [2.05, 4.69) is 15.2 Å². The third-order valence-electron chi connectivity index (χ3n) is 9.15. The van der Waals surface area contributed by atoms with Crippen LogP contribution in [0, 0.1) is 11.3 Å². The fourth-order valence-corrected chi connectivity index (χ4v) is 6.65. The second-order valence-electron chi connectivity index (χ2n) is 12.2. The van der Waals surface area contributed by atoms with Crippen molar-refractivity contribution in [2.75, 3.05) is 24.5 Å². The van der Waals surface area contributed by atoms with Crippen LogP contribution < -0.4 is 15.8 Å². The molecular formula is C30H33F3N6O. The number of nitrogens with one attached hydrogen (secondary N) is 1. The molecule has 1 spiro atoms. The van der Waals surface area contributed by atoms with Gasteiger partial charge in [-0.2, -0.15) is 0 Å². The van der Waals surface area contributed by atoms with Crippen LogP contribution in [0.4, 0.5) is 18.9 Å². The number of halogens is 3. The Morgan fingerprint density at radius 1 is 1.00 bits per heavy atom. The number of aromatic nitrogens is 4. The van der Waals surface area contributed by atoms with Crippen LogP contribution in [0.3, 0.4) is 0 Å². The number of alkyl halides is 3. The number of fused-ring (bicyclic) bond motifs is 2. The highest BCUT2D eigenvalue weighted by Gasteiger charge is 2.50. The zero-order chi connectivity index (χ0) is 27.5. The zero-order valence-electron chi connectivity index (χ0n) is 22.3. The minimum atomic E-state index is -2.53. The van der Waals surface area contributed by atoms with E-state index < -0.39 is 12.1 Å². The van der Waals surface area contributed by atoms with Gasteiger partial charge in [0.25, 0.3) is 5.56 Å². The van der Waals surface area contributed by atoms with Crippen LogP contribution in [0.15, 0.2) is 54.0 Å². The molecule has 1 aliphatic heterocycles. The van der Waals surface area contributed by atoms with Gasteiger partial charge in [-0.3, -0.25) is 9.78 Å². The average molecular weight is 551 g/mol. The van der Waals surface area contributed by atoms with E-state index in [9.17, 15) is 18.0 Å². The van der Waals surface area contributed by atoms with Crippen molar-refractivity contribution in [3.05, 3.63) is 70.8 Å². The highest BCUT2D eigenvalue weighted by molar-refractivity contribution is 5.93. The van der Waals surface area contributed by atoms with E-state index in [0.29, 0.717) is 50.1 Å². The quantitative estimate of drug-likeness (QED) is 0.353. The van der Waals surface area contributed by atoms with Gasteiger partial charge in [-0.05, 0) is 55.8 Å². The number of pyridine rings is 3. The van der Waals surface area contributed by atoms with Crippen molar-refractivity contribution in [3.8, 4) is 0 Å². The van der Waals surface area contributed by atoms with Crippen molar-refractivity contribution in [2.45, 2.75) is 63.7 Å². The van der Waals surface area contributed by atoms with Gasteiger partial charge in [0.2, 0.25) is 5.92 Å². The number of hydrogen-bond donors (Lipinski definition) is 1. The van der Waals surface area contributed by atoms with Crippen molar-refractivity contribution in [2.24, 2.45) is 11.3 Å². The van der Waals surface area contributed by atoms with E-state index in [4.69, 9.17) is 4.98 Å². The molecule has 0 unspecified atom stereocenters. The van der Waals surface area contributed by atoms with Crippen molar-refractivity contribution < 1.29 is 13.2 Å². The highest BCUT2D eigenvalue weighted by atomic mass is 19.3. The van der Waals surface area contributed by atoms with Crippen LogP contribution in [-0.2, 0) is 13.1 Å². The van der Waals surface area contributed by atoms with Crippen LogP contribution >= 0.6 is 0 Å². The Hall–Kier alpha value is -3.40. The molecule has 3 fully saturated rings. The summed E-state index contributed by atoms with van der Waals surface area (Å²) < 4.78 is 44.0. The van der Waals surface area contributed by atoms with Crippen LogP contribution in [0.2, 0.25) is 0 Å². The Morgan fingerprint density at radius 3 is 2.58 bits per heavy atom. The molecule has 4 aromatic heterocycles. The van der Waals surface area contributed by atoms with Crippen LogP contribution in [0.5, 0.6) is 0 Å². The molecule has 0 atom stereocenters. The summed E-state index contributed by atoms with van der Waals surface area (Å²) >= 11 is 0. The van der Waals surface area contributed by atoms with Crippen molar-refractivity contribution in [1.82, 2.24) is 24.3 Å². The molecule has 1 saturated heterocycles. The van der Waals surface area contributed by atoms with E-state index in [0.717, 1.165) is 47.6 Å². The molecule has 4 aromatic rings. The first-order chi connectivity index (χ1) is 19.3. The van der Waals surface area contributed by atoms with Crippen LogP contribution in [0.25, 0.3) is 16.4 Å². The fourth-order valence-electron chi connectivity index (χ4n) is 6.65. The number of nitrogens with zero attached hydrogens (tertiary/aromatic N) is 5. The topological polar surface area (TPSA) is 67.5 Å². The first-order valence-corrected chi connectivity index (χ1v) is 14.2. The van der Waals surface area contributed by atoms with Gasteiger partial charge in [0, 0.05) is 68.1 Å². The summed E-state index contributed by atoms with van der Waals surface area (Å²) in [5, 5.41) is 4.79. The molecule has 0 amide bonds. The first kappa shape index (κ1) is 25.6. The molecule has 0 radical (unpaired) electrons. The smallest absolute Gasteiger partial charge is 0.260 e. The Bertz CT molecular complexity index is 1610. The van der Waals surface area contributed by atoms with E-state index in [1.165, 1.54) is 0 Å². The van der Waals surface area contributed by atoms with E-state index in [-0.39, 0.29) is 23.8 Å². The summed E-state index contributed by atoms with van der Waals surface area (Å²) in [6.45, 7) is 3.32. The van der Waals surface area contributed by atoms with Crippen LogP contribution in [0.1, 0.15) is 49.8 Å². The predicted octanol–water partition coefficient (Wildman–Crippen LogP) is 4.95. The fraction of sp³-hybridized carbons (Fsp3) is 0.500. The predicted molar refractivity (Wildman–Crippen MR) is 148 cm³/mol. The van der Waals surface area contributed by atoms with Crippen molar-refractivity contribution in [3.63, 3.8) is 0 Å². The van der Waals surface area contributed by atoms with Crippen molar-refractivity contribution >= 4 is 22.1 Å². The second kappa shape index (κ2) is 9.61. The summed E-state index contributed by atoms with van der Waals surface area (Å²) in [6.07, 6.45) is 10.8.